The summed E-state index contributed by atoms with van der Waals surface area (Å²) in [4.78, 5) is 28.8. The average molecular weight is 450 g/mol. The fourth-order valence-corrected chi connectivity index (χ4v) is 3.35. The van der Waals surface area contributed by atoms with Crippen molar-refractivity contribution in [2.75, 3.05) is 10.6 Å². The van der Waals surface area contributed by atoms with Gasteiger partial charge in [-0.3, -0.25) is 10.1 Å². The molecule has 1 amide bonds. The van der Waals surface area contributed by atoms with Gasteiger partial charge in [0.25, 0.3) is 0 Å². The molecule has 5 aromatic rings. The number of fused-ring (bicyclic) bond motifs is 2. The fourth-order valence-electron chi connectivity index (χ4n) is 3.35. The summed E-state index contributed by atoms with van der Waals surface area (Å²) in [5, 5.41) is 10.7. The van der Waals surface area contributed by atoms with Crippen LogP contribution in [0.3, 0.4) is 0 Å². The SMILES string of the molecule is CC#CC(=O)Nc1cc2c(Nc3ccc(Oc4ccn5ncnc5c4)c(C)c3)ncnc2cn1. The molecule has 166 valence electrons. The number of amides is 1. The van der Waals surface area contributed by atoms with Gasteiger partial charge in [-0.15, -0.1) is 0 Å². The molecule has 0 aliphatic carbocycles. The number of ether oxygens (including phenoxy) is 1. The summed E-state index contributed by atoms with van der Waals surface area (Å²) in [6.07, 6.45) is 6.32. The molecule has 0 radical (unpaired) electrons. The van der Waals surface area contributed by atoms with Crippen LogP contribution in [0.5, 0.6) is 11.5 Å². The minimum atomic E-state index is -0.435. The highest BCUT2D eigenvalue weighted by molar-refractivity contribution is 6.04. The summed E-state index contributed by atoms with van der Waals surface area (Å²) in [6.45, 7) is 3.55. The smallest absolute Gasteiger partial charge is 0.301 e. The minimum absolute atomic E-state index is 0.364. The van der Waals surface area contributed by atoms with Crippen LogP contribution in [-0.2, 0) is 4.79 Å². The number of pyridine rings is 2. The predicted molar refractivity (Wildman–Crippen MR) is 127 cm³/mol. The molecule has 10 heteroatoms. The summed E-state index contributed by atoms with van der Waals surface area (Å²) < 4.78 is 7.71. The van der Waals surface area contributed by atoms with Crippen molar-refractivity contribution < 1.29 is 9.53 Å². The van der Waals surface area contributed by atoms with Gasteiger partial charge in [-0.2, -0.15) is 5.10 Å². The highest BCUT2D eigenvalue weighted by atomic mass is 16.5. The number of hydrogen-bond acceptors (Lipinski definition) is 8. The zero-order valence-electron chi connectivity index (χ0n) is 18.3. The number of nitrogens with zero attached hydrogens (tertiary/aromatic N) is 6. The Bertz CT molecular complexity index is 1600. The van der Waals surface area contributed by atoms with Gasteiger partial charge in [-0.05, 0) is 55.7 Å². The van der Waals surface area contributed by atoms with E-state index in [2.05, 4.69) is 47.5 Å². The third-order valence-electron chi connectivity index (χ3n) is 4.92. The third kappa shape index (κ3) is 4.31. The topological polar surface area (TPSA) is 119 Å². The van der Waals surface area contributed by atoms with Crippen LogP contribution in [0.1, 0.15) is 12.5 Å². The van der Waals surface area contributed by atoms with Crippen LogP contribution in [0.4, 0.5) is 17.3 Å². The Morgan fingerprint density at radius 1 is 1.06 bits per heavy atom. The van der Waals surface area contributed by atoms with E-state index in [0.717, 1.165) is 11.3 Å². The molecule has 0 bridgehead atoms. The first kappa shape index (κ1) is 20.8. The van der Waals surface area contributed by atoms with Crippen molar-refractivity contribution in [2.45, 2.75) is 13.8 Å². The van der Waals surface area contributed by atoms with Crippen LogP contribution in [0.15, 0.2) is 61.4 Å². The number of nitrogens with one attached hydrogen (secondary N) is 2. The van der Waals surface area contributed by atoms with E-state index in [0.29, 0.717) is 39.7 Å². The first-order valence-corrected chi connectivity index (χ1v) is 10.3. The van der Waals surface area contributed by atoms with E-state index in [4.69, 9.17) is 4.74 Å². The van der Waals surface area contributed by atoms with Crippen molar-refractivity contribution in [3.8, 4) is 23.3 Å². The first-order chi connectivity index (χ1) is 16.6. The van der Waals surface area contributed by atoms with Gasteiger partial charge in [0.05, 0.1) is 11.7 Å². The Morgan fingerprint density at radius 2 is 1.97 bits per heavy atom. The van der Waals surface area contributed by atoms with Gasteiger partial charge in [0.2, 0.25) is 0 Å². The number of carbonyl (C=O) groups is 1. The molecule has 4 aromatic heterocycles. The highest BCUT2D eigenvalue weighted by Crippen LogP contribution is 2.30. The molecule has 0 saturated carbocycles. The van der Waals surface area contributed by atoms with Crippen LogP contribution >= 0.6 is 0 Å². The maximum absolute atomic E-state index is 11.8. The van der Waals surface area contributed by atoms with E-state index in [1.54, 1.807) is 29.9 Å². The van der Waals surface area contributed by atoms with Gasteiger partial charge >= 0.3 is 5.91 Å². The molecule has 1 aromatic carbocycles. The van der Waals surface area contributed by atoms with Crippen LogP contribution in [-0.4, -0.2) is 35.5 Å². The molecule has 0 atom stereocenters. The van der Waals surface area contributed by atoms with Crippen molar-refractivity contribution in [3.63, 3.8) is 0 Å². The number of carbonyl (C=O) groups excluding carboxylic acids is 1. The Labute approximate surface area is 194 Å². The summed E-state index contributed by atoms with van der Waals surface area (Å²) in [5.41, 5.74) is 3.09. The lowest BCUT2D eigenvalue weighted by Gasteiger charge is -2.13. The van der Waals surface area contributed by atoms with Crippen molar-refractivity contribution in [1.29, 1.82) is 0 Å². The third-order valence-corrected chi connectivity index (χ3v) is 4.92. The number of rotatable bonds is 5. The van der Waals surface area contributed by atoms with E-state index >= 15 is 0 Å². The van der Waals surface area contributed by atoms with E-state index in [9.17, 15) is 4.79 Å². The van der Waals surface area contributed by atoms with Crippen LogP contribution in [0.25, 0.3) is 16.6 Å². The molecule has 0 saturated heterocycles. The molecule has 0 spiro atoms. The molecule has 34 heavy (non-hydrogen) atoms. The zero-order chi connectivity index (χ0) is 23.5. The summed E-state index contributed by atoms with van der Waals surface area (Å²) >= 11 is 0. The van der Waals surface area contributed by atoms with Gasteiger partial charge < -0.3 is 10.1 Å². The van der Waals surface area contributed by atoms with Gasteiger partial charge in [0, 0.05) is 23.3 Å². The Hall–Kier alpha value is -5.04. The Morgan fingerprint density at radius 3 is 2.82 bits per heavy atom. The van der Waals surface area contributed by atoms with Gasteiger partial charge in [0.1, 0.15) is 35.8 Å². The number of aromatic nitrogens is 6. The van der Waals surface area contributed by atoms with E-state index < -0.39 is 5.91 Å². The maximum atomic E-state index is 11.8. The van der Waals surface area contributed by atoms with Crippen molar-refractivity contribution >= 4 is 39.8 Å². The Balaban J connectivity index is 1.39. The molecule has 0 aliphatic heterocycles. The lowest BCUT2D eigenvalue weighted by Crippen LogP contribution is -2.10. The zero-order valence-corrected chi connectivity index (χ0v) is 18.3. The summed E-state index contributed by atoms with van der Waals surface area (Å²) in [5.74, 6) is 6.87. The maximum Gasteiger partial charge on any atom is 0.301 e. The second-order valence-electron chi connectivity index (χ2n) is 7.27. The molecule has 0 fully saturated rings. The fraction of sp³-hybridized carbons (Fsp3) is 0.0833. The van der Waals surface area contributed by atoms with Crippen LogP contribution in [0.2, 0.25) is 0 Å². The lowest BCUT2D eigenvalue weighted by atomic mass is 10.2. The molecular formula is C24H18N8O2. The number of anilines is 3. The van der Waals surface area contributed by atoms with Crippen LogP contribution < -0.4 is 15.4 Å². The Kier molecular flexibility index (Phi) is 5.42. The molecular weight excluding hydrogens is 432 g/mol. The van der Waals surface area contributed by atoms with Gasteiger partial charge in [-0.1, -0.05) is 5.92 Å². The summed E-state index contributed by atoms with van der Waals surface area (Å²) in [7, 11) is 0. The molecule has 0 aliphatic rings. The van der Waals surface area contributed by atoms with E-state index in [1.165, 1.54) is 12.7 Å². The summed E-state index contributed by atoms with van der Waals surface area (Å²) in [6, 6.07) is 11.1. The molecule has 2 N–H and O–H groups in total. The normalized spacial score (nSPS) is 10.5. The molecule has 5 rings (SSSR count). The number of benzene rings is 1. The van der Waals surface area contributed by atoms with Crippen LogP contribution in [0, 0.1) is 18.8 Å². The molecule has 10 nitrogen and oxygen atoms in total. The lowest BCUT2D eigenvalue weighted by molar-refractivity contribution is -0.111. The molecule has 4 heterocycles. The average Bonchev–Trinajstić information content (AvgIpc) is 3.29. The standard InChI is InChI=1S/C24H18N8O2/c1-3-4-23(33)31-21-11-18-19(12-25-21)26-13-28-24(18)30-16-5-6-20(15(2)9-16)34-17-7-8-32-22(10-17)27-14-29-32/h5-14H,1-2H3,(H,25,31,33)(H,26,28,30). The van der Waals surface area contributed by atoms with Gasteiger partial charge in [0.15, 0.2) is 5.65 Å². The minimum Gasteiger partial charge on any atom is -0.457 e. The predicted octanol–water partition coefficient (Wildman–Crippen LogP) is 3.87. The van der Waals surface area contributed by atoms with Crippen molar-refractivity contribution in [3.05, 3.63) is 67.0 Å². The number of aryl methyl sites for hydroxylation is 1. The van der Waals surface area contributed by atoms with Crippen molar-refractivity contribution in [2.24, 2.45) is 0 Å². The highest BCUT2D eigenvalue weighted by Gasteiger charge is 2.10. The van der Waals surface area contributed by atoms with E-state index in [-0.39, 0.29) is 0 Å². The number of hydrogen-bond donors (Lipinski definition) is 2. The largest absolute Gasteiger partial charge is 0.457 e. The van der Waals surface area contributed by atoms with Gasteiger partial charge in [-0.25, -0.2) is 24.5 Å². The first-order valence-electron chi connectivity index (χ1n) is 10.3. The quantitative estimate of drug-likeness (QED) is 0.387. The van der Waals surface area contributed by atoms with Crippen molar-refractivity contribution in [1.82, 2.24) is 29.5 Å². The monoisotopic (exact) mass is 450 g/mol. The second kappa shape index (κ2) is 8.84. The van der Waals surface area contributed by atoms with E-state index in [1.807, 2.05) is 37.3 Å². The molecule has 0 unspecified atom stereocenters. The second-order valence-corrected chi connectivity index (χ2v) is 7.27.